The second kappa shape index (κ2) is 7.49. The van der Waals surface area contributed by atoms with E-state index in [0.717, 1.165) is 42.8 Å². The molecule has 1 saturated heterocycles. The summed E-state index contributed by atoms with van der Waals surface area (Å²) < 4.78 is 0. The zero-order chi connectivity index (χ0) is 17.1. The molecule has 0 bridgehead atoms. The van der Waals surface area contributed by atoms with Crippen LogP contribution in [0.4, 0.5) is 0 Å². The summed E-state index contributed by atoms with van der Waals surface area (Å²) >= 11 is 1.60. The third-order valence-electron chi connectivity index (χ3n) is 5.03. The maximum Gasteiger partial charge on any atom is 0.263 e. The van der Waals surface area contributed by atoms with Crippen molar-refractivity contribution in [2.45, 2.75) is 39.2 Å². The number of hydrogen-bond donors (Lipinski definition) is 1. The molecule has 3 rings (SSSR count). The predicted molar refractivity (Wildman–Crippen MR) is 98.5 cm³/mol. The van der Waals surface area contributed by atoms with Gasteiger partial charge in [0.05, 0.1) is 11.0 Å². The maximum absolute atomic E-state index is 12.7. The number of piperidine rings is 1. The molecule has 0 aliphatic carbocycles. The monoisotopic (exact) mass is 343 g/mol. The summed E-state index contributed by atoms with van der Waals surface area (Å²) in [5, 5.41) is 10.6. The smallest absolute Gasteiger partial charge is 0.263 e. The van der Waals surface area contributed by atoms with Crippen molar-refractivity contribution < 1.29 is 9.90 Å². The average molecular weight is 343 g/mol. The van der Waals surface area contributed by atoms with E-state index in [0.29, 0.717) is 0 Å². The zero-order valence-corrected chi connectivity index (χ0v) is 15.2. The summed E-state index contributed by atoms with van der Waals surface area (Å²) in [5.41, 5.74) is 2.25. The van der Waals surface area contributed by atoms with Gasteiger partial charge >= 0.3 is 0 Å². The highest BCUT2D eigenvalue weighted by Crippen LogP contribution is 2.32. The van der Waals surface area contributed by atoms with E-state index in [1.54, 1.807) is 11.3 Å². The van der Waals surface area contributed by atoms with E-state index < -0.39 is 6.10 Å². The standard InChI is InChI=1S/C20H25NO2S/c1-3-15-13-18(24-14(15)2)20(23)21-11-9-17(10-12-21)19(22)16-7-5-4-6-8-16/h4-8,13,17,19,22H,3,9-12H2,1-2H3. The Morgan fingerprint density at radius 1 is 1.29 bits per heavy atom. The fourth-order valence-electron chi connectivity index (χ4n) is 3.47. The molecule has 1 atom stereocenters. The van der Waals surface area contributed by atoms with Crippen LogP contribution in [0.25, 0.3) is 0 Å². The third kappa shape index (κ3) is 3.55. The lowest BCUT2D eigenvalue weighted by Crippen LogP contribution is -2.39. The van der Waals surface area contributed by atoms with Crippen molar-refractivity contribution in [2.75, 3.05) is 13.1 Å². The fraction of sp³-hybridized carbons (Fsp3) is 0.450. The predicted octanol–water partition coefficient (Wildman–Crippen LogP) is 4.20. The first-order valence-electron chi connectivity index (χ1n) is 8.71. The van der Waals surface area contributed by atoms with Gasteiger partial charge in [0, 0.05) is 18.0 Å². The largest absolute Gasteiger partial charge is 0.388 e. The van der Waals surface area contributed by atoms with E-state index in [1.165, 1.54) is 10.4 Å². The van der Waals surface area contributed by atoms with Crippen LogP contribution in [0.3, 0.4) is 0 Å². The van der Waals surface area contributed by atoms with Crippen LogP contribution >= 0.6 is 11.3 Å². The van der Waals surface area contributed by atoms with Gasteiger partial charge in [0.25, 0.3) is 5.91 Å². The lowest BCUT2D eigenvalue weighted by molar-refractivity contribution is 0.0465. The number of aliphatic hydroxyl groups excluding tert-OH is 1. The summed E-state index contributed by atoms with van der Waals surface area (Å²) in [5.74, 6) is 0.378. The quantitative estimate of drug-likeness (QED) is 0.903. The molecule has 1 aliphatic rings. The number of rotatable bonds is 4. The van der Waals surface area contributed by atoms with E-state index in [1.807, 2.05) is 41.3 Å². The zero-order valence-electron chi connectivity index (χ0n) is 14.4. The number of thiophene rings is 1. The molecular weight excluding hydrogens is 318 g/mol. The molecule has 0 saturated carbocycles. The Morgan fingerprint density at radius 2 is 1.96 bits per heavy atom. The average Bonchev–Trinajstić information content (AvgIpc) is 3.02. The lowest BCUT2D eigenvalue weighted by atomic mass is 9.87. The van der Waals surface area contributed by atoms with Crippen LogP contribution in [0.5, 0.6) is 0 Å². The van der Waals surface area contributed by atoms with Crippen LogP contribution in [-0.4, -0.2) is 29.0 Å². The SMILES string of the molecule is CCc1cc(C(=O)N2CCC(C(O)c3ccccc3)CC2)sc1C. The minimum Gasteiger partial charge on any atom is -0.388 e. The van der Waals surface area contributed by atoms with Gasteiger partial charge < -0.3 is 10.0 Å². The highest BCUT2D eigenvalue weighted by molar-refractivity contribution is 7.14. The Balaban J connectivity index is 1.61. The first-order chi connectivity index (χ1) is 11.6. The summed E-state index contributed by atoms with van der Waals surface area (Å²) in [4.78, 5) is 16.7. The summed E-state index contributed by atoms with van der Waals surface area (Å²) in [6.07, 6.45) is 2.25. The van der Waals surface area contributed by atoms with Crippen molar-refractivity contribution in [3.8, 4) is 0 Å². The van der Waals surface area contributed by atoms with E-state index in [2.05, 4.69) is 13.8 Å². The molecule has 4 heteroatoms. The van der Waals surface area contributed by atoms with Gasteiger partial charge in [-0.05, 0) is 49.3 Å². The van der Waals surface area contributed by atoms with E-state index in [4.69, 9.17) is 0 Å². The number of amides is 1. The second-order valence-electron chi connectivity index (χ2n) is 6.53. The molecule has 2 aromatic rings. The van der Waals surface area contributed by atoms with Gasteiger partial charge in [-0.2, -0.15) is 0 Å². The van der Waals surface area contributed by atoms with Crippen LogP contribution in [-0.2, 0) is 6.42 Å². The molecule has 3 nitrogen and oxygen atoms in total. The highest BCUT2D eigenvalue weighted by Gasteiger charge is 2.29. The van der Waals surface area contributed by atoms with Crippen molar-refractivity contribution in [3.63, 3.8) is 0 Å². The molecular formula is C20H25NO2S. The molecule has 1 aromatic heterocycles. The molecule has 1 amide bonds. The molecule has 1 N–H and O–H groups in total. The van der Waals surface area contributed by atoms with Crippen LogP contribution < -0.4 is 0 Å². The summed E-state index contributed by atoms with van der Waals surface area (Å²) in [6.45, 7) is 5.67. The highest BCUT2D eigenvalue weighted by atomic mass is 32.1. The molecule has 0 radical (unpaired) electrons. The lowest BCUT2D eigenvalue weighted by Gasteiger charge is -2.34. The Hall–Kier alpha value is -1.65. The molecule has 0 spiro atoms. The number of hydrogen-bond acceptors (Lipinski definition) is 3. The van der Waals surface area contributed by atoms with E-state index in [-0.39, 0.29) is 11.8 Å². The maximum atomic E-state index is 12.7. The van der Waals surface area contributed by atoms with Gasteiger partial charge in [0.15, 0.2) is 0 Å². The third-order valence-corrected chi connectivity index (χ3v) is 6.11. The Morgan fingerprint density at radius 3 is 2.54 bits per heavy atom. The van der Waals surface area contributed by atoms with Crippen molar-refractivity contribution in [3.05, 3.63) is 57.3 Å². The minimum atomic E-state index is -0.431. The number of carbonyl (C=O) groups excluding carboxylic acids is 1. The summed E-state index contributed by atoms with van der Waals surface area (Å²) in [7, 11) is 0. The molecule has 1 unspecified atom stereocenters. The molecule has 1 aromatic carbocycles. The molecule has 2 heterocycles. The summed E-state index contributed by atoms with van der Waals surface area (Å²) in [6, 6.07) is 11.9. The van der Waals surface area contributed by atoms with Crippen LogP contribution in [0.1, 0.15) is 51.5 Å². The first-order valence-corrected chi connectivity index (χ1v) is 9.53. The van der Waals surface area contributed by atoms with Gasteiger partial charge in [0.2, 0.25) is 0 Å². The Kier molecular flexibility index (Phi) is 5.36. The van der Waals surface area contributed by atoms with Crippen LogP contribution in [0, 0.1) is 12.8 Å². The Bertz CT molecular complexity index is 687. The molecule has 1 fully saturated rings. The van der Waals surface area contributed by atoms with Gasteiger partial charge in [-0.25, -0.2) is 0 Å². The second-order valence-corrected chi connectivity index (χ2v) is 7.79. The number of aryl methyl sites for hydroxylation is 2. The van der Waals surface area contributed by atoms with Crippen molar-refractivity contribution >= 4 is 17.2 Å². The molecule has 24 heavy (non-hydrogen) atoms. The number of carbonyl (C=O) groups is 1. The first kappa shape index (κ1) is 17.2. The van der Waals surface area contributed by atoms with Crippen molar-refractivity contribution in [2.24, 2.45) is 5.92 Å². The van der Waals surface area contributed by atoms with E-state index in [9.17, 15) is 9.90 Å². The van der Waals surface area contributed by atoms with E-state index >= 15 is 0 Å². The minimum absolute atomic E-state index is 0.149. The van der Waals surface area contributed by atoms with Gasteiger partial charge in [0.1, 0.15) is 0 Å². The number of likely N-dealkylation sites (tertiary alicyclic amines) is 1. The number of aliphatic hydroxyl groups is 1. The van der Waals surface area contributed by atoms with Crippen molar-refractivity contribution in [1.29, 1.82) is 0 Å². The normalized spacial score (nSPS) is 17.0. The topological polar surface area (TPSA) is 40.5 Å². The van der Waals surface area contributed by atoms with Crippen molar-refractivity contribution in [1.82, 2.24) is 4.90 Å². The van der Waals surface area contributed by atoms with Gasteiger partial charge in [-0.1, -0.05) is 37.3 Å². The molecule has 128 valence electrons. The fourth-order valence-corrected chi connectivity index (χ4v) is 4.55. The van der Waals surface area contributed by atoms with Crippen LogP contribution in [0.2, 0.25) is 0 Å². The van der Waals surface area contributed by atoms with Gasteiger partial charge in [-0.15, -0.1) is 11.3 Å². The number of nitrogens with zero attached hydrogens (tertiary/aromatic N) is 1. The van der Waals surface area contributed by atoms with Gasteiger partial charge in [-0.3, -0.25) is 4.79 Å². The Labute approximate surface area is 147 Å². The number of benzene rings is 1. The molecule has 1 aliphatic heterocycles. The van der Waals surface area contributed by atoms with Crippen LogP contribution in [0.15, 0.2) is 36.4 Å².